The smallest absolute Gasteiger partial charge is 0.159 e. The number of hydrogen-bond acceptors (Lipinski definition) is 9. The Morgan fingerprint density at radius 3 is 2.66 bits per heavy atom. The molecule has 0 aliphatic carbocycles. The van der Waals surface area contributed by atoms with Crippen LogP contribution < -0.4 is 10.6 Å². The van der Waals surface area contributed by atoms with Crippen LogP contribution in [0.4, 0.5) is 5.82 Å². The van der Waals surface area contributed by atoms with Crippen molar-refractivity contribution in [3.05, 3.63) is 61.3 Å². The highest BCUT2D eigenvalue weighted by atomic mass is 15.3. The number of nitrogens with two attached hydrogens (primary N) is 1. The van der Waals surface area contributed by atoms with Crippen LogP contribution in [-0.2, 0) is 0 Å². The lowest BCUT2D eigenvalue weighted by molar-refractivity contribution is 0.514. The Balaban J connectivity index is 1.31. The number of aromatic amines is 2. The molecule has 6 aromatic heterocycles. The molecule has 170 valence electrons. The molecular weight excluding hydrogens is 442 g/mol. The van der Waals surface area contributed by atoms with Gasteiger partial charge in [-0.2, -0.15) is 5.10 Å². The van der Waals surface area contributed by atoms with E-state index in [-0.39, 0.29) is 6.04 Å². The summed E-state index contributed by atoms with van der Waals surface area (Å²) in [5.41, 5.74) is 11.8. The average Bonchev–Trinajstić information content (AvgIpc) is 3.51. The molecule has 6 aromatic rings. The normalized spacial score (nSPS) is 14.0. The Kier molecular flexibility index (Phi) is 4.29. The van der Waals surface area contributed by atoms with Crippen molar-refractivity contribution in [1.82, 2.24) is 45.1 Å². The van der Waals surface area contributed by atoms with Gasteiger partial charge < -0.3 is 15.6 Å². The molecule has 0 spiro atoms. The predicted octanol–water partition coefficient (Wildman–Crippen LogP) is 2.56. The second kappa shape index (κ2) is 7.64. The van der Waals surface area contributed by atoms with Gasteiger partial charge in [0.15, 0.2) is 5.82 Å². The van der Waals surface area contributed by atoms with Crippen molar-refractivity contribution in [2.24, 2.45) is 5.73 Å². The van der Waals surface area contributed by atoms with Crippen molar-refractivity contribution in [1.29, 1.82) is 0 Å². The number of fused-ring (bicyclic) bond motifs is 2. The number of pyridine rings is 3. The largest absolute Gasteiger partial charge is 0.352 e. The summed E-state index contributed by atoms with van der Waals surface area (Å²) in [6.45, 7) is 1.55. The molecule has 1 aliphatic rings. The number of imidazole rings is 1. The molecule has 0 saturated carbocycles. The quantitative estimate of drug-likeness (QED) is 0.360. The number of rotatable bonds is 4. The zero-order chi connectivity index (χ0) is 23.4. The van der Waals surface area contributed by atoms with Crippen molar-refractivity contribution >= 4 is 27.8 Å². The fourth-order valence-corrected chi connectivity index (χ4v) is 4.31. The van der Waals surface area contributed by atoms with Gasteiger partial charge in [-0.15, -0.1) is 0 Å². The van der Waals surface area contributed by atoms with Gasteiger partial charge in [-0.3, -0.25) is 25.0 Å². The van der Waals surface area contributed by atoms with Gasteiger partial charge in [0.2, 0.25) is 0 Å². The minimum absolute atomic E-state index is 0.181. The highest BCUT2D eigenvalue weighted by molar-refractivity contribution is 5.96. The molecule has 7 heterocycles. The van der Waals surface area contributed by atoms with Crippen molar-refractivity contribution in [2.75, 3.05) is 18.0 Å². The van der Waals surface area contributed by atoms with E-state index in [2.05, 4.69) is 40.0 Å². The van der Waals surface area contributed by atoms with Gasteiger partial charge in [0.25, 0.3) is 0 Å². The summed E-state index contributed by atoms with van der Waals surface area (Å²) >= 11 is 0. The zero-order valence-electron chi connectivity index (χ0n) is 18.4. The Labute approximate surface area is 198 Å². The first-order valence-electron chi connectivity index (χ1n) is 11.2. The van der Waals surface area contributed by atoms with Crippen LogP contribution in [0, 0.1) is 0 Å². The highest BCUT2D eigenvalue weighted by Crippen LogP contribution is 2.31. The first-order chi connectivity index (χ1) is 17.2. The average molecular weight is 461 g/mol. The third-order valence-electron chi connectivity index (χ3n) is 6.10. The fourth-order valence-electron chi connectivity index (χ4n) is 4.31. The first kappa shape index (κ1) is 19.7. The van der Waals surface area contributed by atoms with E-state index < -0.39 is 0 Å². The number of anilines is 1. The fraction of sp³-hybridized carbons (Fsp3) is 0.125. The van der Waals surface area contributed by atoms with Gasteiger partial charge in [0.05, 0.1) is 41.0 Å². The monoisotopic (exact) mass is 461 g/mol. The molecule has 0 radical (unpaired) electrons. The van der Waals surface area contributed by atoms with Crippen LogP contribution in [0.25, 0.3) is 56.2 Å². The van der Waals surface area contributed by atoms with E-state index in [1.165, 1.54) is 0 Å². The molecule has 0 unspecified atom stereocenters. The van der Waals surface area contributed by atoms with Crippen molar-refractivity contribution in [3.63, 3.8) is 0 Å². The summed E-state index contributed by atoms with van der Waals surface area (Å²) in [6, 6.07) is 9.75. The van der Waals surface area contributed by atoms with Crippen LogP contribution in [-0.4, -0.2) is 64.2 Å². The minimum atomic E-state index is 0.181. The van der Waals surface area contributed by atoms with Gasteiger partial charge in [-0.25, -0.2) is 9.97 Å². The molecule has 1 fully saturated rings. The van der Waals surface area contributed by atoms with E-state index in [0.717, 1.165) is 46.5 Å². The van der Waals surface area contributed by atoms with Gasteiger partial charge in [0.1, 0.15) is 28.4 Å². The third-order valence-corrected chi connectivity index (χ3v) is 6.10. The van der Waals surface area contributed by atoms with Crippen molar-refractivity contribution < 1.29 is 0 Å². The summed E-state index contributed by atoms with van der Waals surface area (Å²) in [7, 11) is 0. The summed E-state index contributed by atoms with van der Waals surface area (Å²) in [5.74, 6) is 1.42. The molecule has 0 atom stereocenters. The lowest BCUT2D eigenvalue weighted by Gasteiger charge is -2.37. The number of aromatic nitrogens is 9. The molecule has 0 amide bonds. The molecule has 35 heavy (non-hydrogen) atoms. The molecule has 1 saturated heterocycles. The number of nitrogens with one attached hydrogen (secondary N) is 2. The predicted molar refractivity (Wildman–Crippen MR) is 131 cm³/mol. The molecule has 1 aliphatic heterocycles. The third kappa shape index (κ3) is 3.28. The van der Waals surface area contributed by atoms with Crippen molar-refractivity contribution in [2.45, 2.75) is 6.04 Å². The van der Waals surface area contributed by atoms with Gasteiger partial charge in [0, 0.05) is 36.9 Å². The second-order valence-electron chi connectivity index (χ2n) is 8.47. The zero-order valence-corrected chi connectivity index (χ0v) is 18.4. The number of hydrogen-bond donors (Lipinski definition) is 3. The van der Waals surface area contributed by atoms with Gasteiger partial charge in [-0.1, -0.05) is 6.07 Å². The molecule has 0 aromatic carbocycles. The van der Waals surface area contributed by atoms with Gasteiger partial charge >= 0.3 is 0 Å². The highest BCUT2D eigenvalue weighted by Gasteiger charge is 2.25. The van der Waals surface area contributed by atoms with E-state index >= 15 is 0 Å². The maximum Gasteiger partial charge on any atom is 0.159 e. The molecule has 11 heteroatoms. The van der Waals surface area contributed by atoms with E-state index in [1.54, 1.807) is 31.0 Å². The second-order valence-corrected chi connectivity index (χ2v) is 8.47. The summed E-state index contributed by atoms with van der Waals surface area (Å²) < 4.78 is 0. The van der Waals surface area contributed by atoms with E-state index in [4.69, 9.17) is 15.7 Å². The Bertz CT molecular complexity index is 1680. The molecule has 4 N–H and O–H groups in total. The van der Waals surface area contributed by atoms with Crippen LogP contribution in [0.3, 0.4) is 0 Å². The molecule has 0 bridgehead atoms. The van der Waals surface area contributed by atoms with E-state index in [9.17, 15) is 0 Å². The Morgan fingerprint density at radius 2 is 1.80 bits per heavy atom. The van der Waals surface area contributed by atoms with Crippen LogP contribution in [0.1, 0.15) is 0 Å². The Hall–Kier alpha value is -4.77. The number of H-pyrrole nitrogens is 2. The molecular formula is C24H19N11. The summed E-state index contributed by atoms with van der Waals surface area (Å²) in [6.07, 6.45) is 8.70. The lowest BCUT2D eigenvalue weighted by atomic mass is 10.1. The first-order valence-corrected chi connectivity index (χ1v) is 11.2. The standard InChI is InChI=1S/C24H19N11/c25-13-11-35(12-13)20-10-26-8-19(30-20)17-7-14-18(9-29-17)33-34-21(14)24-31-16-4-6-28-22(23(16)32-24)15-3-1-2-5-27-15/h1-10,13H,11-12,25H2,(H,31,32)(H,33,34). The maximum atomic E-state index is 5.92. The topological polar surface area (TPSA) is 151 Å². The summed E-state index contributed by atoms with van der Waals surface area (Å²) in [5, 5.41) is 8.45. The van der Waals surface area contributed by atoms with E-state index in [0.29, 0.717) is 28.6 Å². The lowest BCUT2D eigenvalue weighted by Crippen LogP contribution is -2.56. The minimum Gasteiger partial charge on any atom is -0.352 e. The van der Waals surface area contributed by atoms with Crippen molar-refractivity contribution in [3.8, 4) is 34.3 Å². The molecule has 7 rings (SSSR count). The van der Waals surface area contributed by atoms with E-state index in [1.807, 2.05) is 30.3 Å². The number of nitrogens with zero attached hydrogens (tertiary/aromatic N) is 8. The maximum absolute atomic E-state index is 5.92. The van der Waals surface area contributed by atoms with Gasteiger partial charge in [-0.05, 0) is 24.3 Å². The van der Waals surface area contributed by atoms with Crippen LogP contribution in [0.5, 0.6) is 0 Å². The van der Waals surface area contributed by atoms with Crippen LogP contribution in [0.15, 0.2) is 61.3 Å². The Morgan fingerprint density at radius 1 is 0.857 bits per heavy atom. The SMILES string of the molecule is NC1CN(c2cncc(-c3cc4c(-c5nc6c(-c7ccccn7)nccc6[nH]5)n[nH]c4cn3)n2)C1. The summed E-state index contributed by atoms with van der Waals surface area (Å²) in [4.78, 5) is 33.0. The van der Waals surface area contributed by atoms with Crippen LogP contribution in [0.2, 0.25) is 0 Å². The molecule has 11 nitrogen and oxygen atoms in total. The van der Waals surface area contributed by atoms with Crippen LogP contribution >= 0.6 is 0 Å².